The predicted octanol–water partition coefficient (Wildman–Crippen LogP) is 2.09. The number of para-hydroxylation sites is 1. The number of hydrogen-bond acceptors (Lipinski definition) is 3. The monoisotopic (exact) mass is 271 g/mol. The Balaban J connectivity index is 2.07. The summed E-state index contributed by atoms with van der Waals surface area (Å²) >= 11 is 0. The van der Waals surface area contributed by atoms with Gasteiger partial charge in [0.05, 0.1) is 5.52 Å². The molecule has 0 bridgehead atoms. The number of aryl methyl sites for hydroxylation is 1. The van der Waals surface area contributed by atoms with E-state index in [4.69, 9.17) is 0 Å². The van der Waals surface area contributed by atoms with Crippen LogP contribution < -0.4 is 16.2 Å². The maximum atomic E-state index is 12.1. The van der Waals surface area contributed by atoms with E-state index in [1.54, 1.807) is 10.6 Å². The van der Waals surface area contributed by atoms with Gasteiger partial charge in [0.2, 0.25) is 0 Å². The van der Waals surface area contributed by atoms with Crippen molar-refractivity contribution in [3.63, 3.8) is 0 Å². The molecule has 0 amide bonds. The van der Waals surface area contributed by atoms with Crippen LogP contribution in [0.3, 0.4) is 0 Å². The zero-order valence-corrected chi connectivity index (χ0v) is 12.1. The largest absolute Gasteiger partial charge is 0.379 e. The molecule has 1 aliphatic rings. The average molecular weight is 271 g/mol. The molecule has 2 N–H and O–H groups in total. The Morgan fingerprint density at radius 1 is 1.25 bits per heavy atom. The molecule has 0 spiro atoms. The number of anilines is 1. The van der Waals surface area contributed by atoms with Crippen LogP contribution in [0.5, 0.6) is 0 Å². The quantitative estimate of drug-likeness (QED) is 0.879. The molecule has 0 aliphatic carbocycles. The Bertz CT molecular complexity index is 684. The molecule has 1 saturated heterocycles. The molecular formula is C16H21N3O. The Kier molecular flexibility index (Phi) is 3.26. The molecule has 0 radical (unpaired) electrons. The summed E-state index contributed by atoms with van der Waals surface area (Å²) in [6, 6.07) is 9.77. The minimum absolute atomic E-state index is 0.0312. The Morgan fingerprint density at radius 3 is 2.70 bits per heavy atom. The van der Waals surface area contributed by atoms with Crippen LogP contribution in [0.1, 0.15) is 19.8 Å². The average Bonchev–Trinajstić information content (AvgIpc) is 2.45. The highest BCUT2D eigenvalue weighted by molar-refractivity contribution is 5.91. The van der Waals surface area contributed by atoms with E-state index >= 15 is 0 Å². The molecule has 1 aliphatic heterocycles. The Labute approximate surface area is 118 Å². The highest BCUT2D eigenvalue weighted by Gasteiger charge is 2.27. The van der Waals surface area contributed by atoms with Gasteiger partial charge in [0.1, 0.15) is 0 Å². The van der Waals surface area contributed by atoms with E-state index < -0.39 is 0 Å². The number of piperidine rings is 1. The van der Waals surface area contributed by atoms with Crippen LogP contribution in [-0.4, -0.2) is 23.2 Å². The van der Waals surface area contributed by atoms with Gasteiger partial charge in [-0.2, -0.15) is 0 Å². The standard InChI is InChI=1S/C16H21N3O/c1-16(7-9-17-10-8-16)18-13-11-15(20)19(2)14-6-4-3-5-12(13)14/h3-6,11,17-18H,7-10H2,1-2H3. The normalized spacial score (nSPS) is 18.1. The molecule has 0 atom stereocenters. The number of hydrogen-bond donors (Lipinski definition) is 2. The van der Waals surface area contributed by atoms with Crippen LogP contribution in [-0.2, 0) is 7.05 Å². The number of aromatic nitrogens is 1. The van der Waals surface area contributed by atoms with Crippen LogP contribution >= 0.6 is 0 Å². The molecule has 1 fully saturated rings. The number of nitrogens with one attached hydrogen (secondary N) is 2. The molecule has 1 aromatic heterocycles. The lowest BCUT2D eigenvalue weighted by molar-refractivity contribution is 0.365. The third-order valence-electron chi connectivity index (χ3n) is 4.30. The molecule has 2 heterocycles. The lowest BCUT2D eigenvalue weighted by atomic mass is 9.90. The molecule has 4 nitrogen and oxygen atoms in total. The zero-order chi connectivity index (χ0) is 14.2. The van der Waals surface area contributed by atoms with Crippen molar-refractivity contribution in [2.75, 3.05) is 18.4 Å². The highest BCUT2D eigenvalue weighted by atomic mass is 16.1. The van der Waals surface area contributed by atoms with Crippen LogP contribution in [0.4, 0.5) is 5.69 Å². The fourth-order valence-corrected chi connectivity index (χ4v) is 2.94. The van der Waals surface area contributed by atoms with Gasteiger partial charge < -0.3 is 15.2 Å². The zero-order valence-electron chi connectivity index (χ0n) is 12.1. The minimum atomic E-state index is 0.0312. The summed E-state index contributed by atoms with van der Waals surface area (Å²) in [7, 11) is 1.82. The van der Waals surface area contributed by atoms with Gasteiger partial charge in [0.15, 0.2) is 0 Å². The molecule has 0 saturated carbocycles. The maximum Gasteiger partial charge on any atom is 0.252 e. The summed E-state index contributed by atoms with van der Waals surface area (Å²) in [5.41, 5.74) is 2.01. The summed E-state index contributed by atoms with van der Waals surface area (Å²) in [5.74, 6) is 0. The molecule has 0 unspecified atom stereocenters. The number of rotatable bonds is 2. The van der Waals surface area contributed by atoms with E-state index in [0.29, 0.717) is 0 Å². The number of pyridine rings is 1. The Hall–Kier alpha value is -1.81. The van der Waals surface area contributed by atoms with E-state index in [1.165, 1.54) is 0 Å². The topological polar surface area (TPSA) is 46.1 Å². The van der Waals surface area contributed by atoms with Crippen molar-refractivity contribution in [3.8, 4) is 0 Å². The van der Waals surface area contributed by atoms with Crippen molar-refractivity contribution in [2.24, 2.45) is 7.05 Å². The van der Waals surface area contributed by atoms with Gasteiger partial charge in [-0.05, 0) is 38.9 Å². The van der Waals surface area contributed by atoms with Crippen molar-refractivity contribution < 1.29 is 0 Å². The second kappa shape index (κ2) is 4.94. The van der Waals surface area contributed by atoms with Crippen LogP contribution in [0.15, 0.2) is 35.1 Å². The van der Waals surface area contributed by atoms with Crippen molar-refractivity contribution in [1.82, 2.24) is 9.88 Å². The smallest absolute Gasteiger partial charge is 0.252 e. The van der Waals surface area contributed by atoms with E-state index in [0.717, 1.165) is 42.5 Å². The maximum absolute atomic E-state index is 12.1. The second-order valence-corrected chi connectivity index (χ2v) is 5.91. The van der Waals surface area contributed by atoms with Gasteiger partial charge in [-0.1, -0.05) is 18.2 Å². The Morgan fingerprint density at radius 2 is 1.95 bits per heavy atom. The first-order valence-corrected chi connectivity index (χ1v) is 7.17. The third-order valence-corrected chi connectivity index (χ3v) is 4.30. The lowest BCUT2D eigenvalue weighted by Crippen LogP contribution is -2.45. The number of fused-ring (bicyclic) bond motifs is 1. The van der Waals surface area contributed by atoms with Gasteiger partial charge in [-0.15, -0.1) is 0 Å². The van der Waals surface area contributed by atoms with Gasteiger partial charge in [-0.25, -0.2) is 0 Å². The van der Waals surface area contributed by atoms with Crippen LogP contribution in [0.2, 0.25) is 0 Å². The van der Waals surface area contributed by atoms with E-state index in [9.17, 15) is 4.79 Å². The molecule has 20 heavy (non-hydrogen) atoms. The summed E-state index contributed by atoms with van der Waals surface area (Å²) in [6.45, 7) is 4.28. The van der Waals surface area contributed by atoms with E-state index in [1.807, 2.05) is 25.2 Å². The fourth-order valence-electron chi connectivity index (χ4n) is 2.94. The summed E-state index contributed by atoms with van der Waals surface area (Å²) in [4.78, 5) is 12.1. The van der Waals surface area contributed by atoms with Gasteiger partial charge in [0.25, 0.3) is 5.56 Å². The van der Waals surface area contributed by atoms with Crippen LogP contribution in [0.25, 0.3) is 10.9 Å². The lowest BCUT2D eigenvalue weighted by Gasteiger charge is -2.36. The van der Waals surface area contributed by atoms with Crippen molar-refractivity contribution >= 4 is 16.6 Å². The second-order valence-electron chi connectivity index (χ2n) is 5.91. The fraction of sp³-hybridized carbons (Fsp3) is 0.438. The SMILES string of the molecule is Cn1c(=O)cc(NC2(C)CCNCC2)c2ccccc21. The molecule has 2 aromatic rings. The number of nitrogens with zero attached hydrogens (tertiary/aromatic N) is 1. The van der Waals surface area contributed by atoms with Crippen LogP contribution in [0, 0.1) is 0 Å². The van der Waals surface area contributed by atoms with E-state index in [2.05, 4.69) is 23.6 Å². The van der Waals surface area contributed by atoms with Gasteiger partial charge in [-0.3, -0.25) is 4.79 Å². The summed E-state index contributed by atoms with van der Waals surface area (Å²) in [5, 5.41) is 8.10. The van der Waals surface area contributed by atoms with Crippen molar-refractivity contribution in [3.05, 3.63) is 40.7 Å². The minimum Gasteiger partial charge on any atom is -0.379 e. The molecule has 1 aromatic carbocycles. The first-order chi connectivity index (χ1) is 9.59. The highest BCUT2D eigenvalue weighted by Crippen LogP contribution is 2.28. The third kappa shape index (κ3) is 2.31. The molecule has 106 valence electrons. The summed E-state index contributed by atoms with van der Waals surface area (Å²) in [6.07, 6.45) is 2.13. The van der Waals surface area contributed by atoms with Crippen molar-refractivity contribution in [1.29, 1.82) is 0 Å². The molecule has 3 rings (SSSR count). The van der Waals surface area contributed by atoms with Gasteiger partial charge >= 0.3 is 0 Å². The molecular weight excluding hydrogens is 250 g/mol. The first kappa shape index (κ1) is 13.2. The first-order valence-electron chi connectivity index (χ1n) is 7.17. The molecule has 4 heteroatoms. The van der Waals surface area contributed by atoms with Gasteiger partial charge in [0, 0.05) is 29.7 Å². The van der Waals surface area contributed by atoms with E-state index in [-0.39, 0.29) is 11.1 Å². The number of benzene rings is 1. The summed E-state index contributed by atoms with van der Waals surface area (Å²) < 4.78 is 1.70. The predicted molar refractivity (Wildman–Crippen MR) is 83.3 cm³/mol. The van der Waals surface area contributed by atoms with Crippen molar-refractivity contribution in [2.45, 2.75) is 25.3 Å².